The van der Waals surface area contributed by atoms with E-state index in [9.17, 15) is 4.79 Å². The number of Topliss-reactive ketones (excluding diaryl/α,β-unsaturated/α-hetero) is 1. The normalized spacial score (nSPS) is 10.1. The zero-order chi connectivity index (χ0) is 13.0. The highest BCUT2D eigenvalue weighted by Crippen LogP contribution is 2.21. The van der Waals surface area contributed by atoms with Gasteiger partial charge >= 0.3 is 0 Å². The molecule has 0 atom stereocenters. The van der Waals surface area contributed by atoms with E-state index >= 15 is 0 Å². The largest absolute Gasteiger partial charge is 0.496 e. The molecule has 0 heterocycles. The van der Waals surface area contributed by atoms with Gasteiger partial charge in [0.2, 0.25) is 0 Å². The molecule has 0 fully saturated rings. The Morgan fingerprint density at radius 1 is 1.06 bits per heavy atom. The quantitative estimate of drug-likeness (QED) is 0.765. The van der Waals surface area contributed by atoms with Crippen LogP contribution in [0.3, 0.4) is 0 Å². The third-order valence-electron chi connectivity index (χ3n) is 2.89. The van der Waals surface area contributed by atoms with Crippen LogP contribution in [-0.2, 0) is 6.42 Å². The van der Waals surface area contributed by atoms with Crippen LogP contribution in [0.4, 0.5) is 0 Å². The summed E-state index contributed by atoms with van der Waals surface area (Å²) in [6, 6.07) is 16.0. The lowest BCUT2D eigenvalue weighted by atomic mass is 10.0. The van der Waals surface area contributed by atoms with E-state index in [1.165, 1.54) is 5.56 Å². The first-order chi connectivity index (χ1) is 8.70. The third-order valence-corrected chi connectivity index (χ3v) is 2.89. The molecule has 0 amide bonds. The van der Waals surface area contributed by atoms with Gasteiger partial charge in [-0.05, 0) is 36.6 Å². The summed E-state index contributed by atoms with van der Waals surface area (Å²) in [7, 11) is 1.58. The number of hydrogen-bond acceptors (Lipinski definition) is 2. The highest BCUT2D eigenvalue weighted by molar-refractivity contribution is 5.97. The number of hydrogen-bond donors (Lipinski definition) is 0. The molecule has 0 aliphatic heterocycles. The Kier molecular flexibility index (Phi) is 3.78. The summed E-state index contributed by atoms with van der Waals surface area (Å²) in [4.78, 5) is 11.5. The smallest absolute Gasteiger partial charge is 0.163 e. The number of ether oxygens (including phenoxy) is 1. The number of carbonyl (C=O) groups is 1. The van der Waals surface area contributed by atoms with Gasteiger partial charge in [0.1, 0.15) is 5.75 Å². The highest BCUT2D eigenvalue weighted by Gasteiger charge is 2.08. The lowest BCUT2D eigenvalue weighted by Crippen LogP contribution is -1.99. The molecular formula is C16H16O2. The fourth-order valence-electron chi connectivity index (χ4n) is 1.97. The maximum Gasteiger partial charge on any atom is 0.163 e. The minimum Gasteiger partial charge on any atom is -0.496 e. The minimum atomic E-state index is 0.0294. The van der Waals surface area contributed by atoms with Crippen LogP contribution in [0.1, 0.15) is 28.4 Å². The van der Waals surface area contributed by atoms with E-state index in [1.807, 2.05) is 36.4 Å². The van der Waals surface area contributed by atoms with Crippen LogP contribution in [0.5, 0.6) is 5.75 Å². The van der Waals surface area contributed by atoms with Crippen LogP contribution >= 0.6 is 0 Å². The number of rotatable bonds is 4. The van der Waals surface area contributed by atoms with Gasteiger partial charge in [0.15, 0.2) is 5.78 Å². The molecule has 0 radical (unpaired) electrons. The lowest BCUT2D eigenvalue weighted by molar-refractivity contribution is 0.101. The van der Waals surface area contributed by atoms with Gasteiger partial charge in [-0.25, -0.2) is 0 Å². The van der Waals surface area contributed by atoms with Crippen LogP contribution in [0, 0.1) is 0 Å². The SMILES string of the molecule is COc1ccc(Cc2ccccc2)cc1C(C)=O. The van der Waals surface area contributed by atoms with Gasteiger partial charge < -0.3 is 4.74 Å². The number of ketones is 1. The van der Waals surface area contributed by atoms with Crippen LogP contribution < -0.4 is 4.74 Å². The van der Waals surface area contributed by atoms with Crippen molar-refractivity contribution in [1.82, 2.24) is 0 Å². The third kappa shape index (κ3) is 2.77. The molecule has 2 heteroatoms. The van der Waals surface area contributed by atoms with Crippen LogP contribution in [-0.4, -0.2) is 12.9 Å². The van der Waals surface area contributed by atoms with Crippen molar-refractivity contribution in [2.24, 2.45) is 0 Å². The lowest BCUT2D eigenvalue weighted by Gasteiger charge is -2.08. The monoisotopic (exact) mass is 240 g/mol. The average molecular weight is 240 g/mol. The zero-order valence-electron chi connectivity index (χ0n) is 10.6. The predicted octanol–water partition coefficient (Wildman–Crippen LogP) is 3.49. The molecule has 0 saturated carbocycles. The Balaban J connectivity index is 2.30. The maximum absolute atomic E-state index is 11.5. The Hall–Kier alpha value is -2.09. The van der Waals surface area contributed by atoms with Crippen molar-refractivity contribution in [3.8, 4) is 5.75 Å². The second-order valence-electron chi connectivity index (χ2n) is 4.25. The van der Waals surface area contributed by atoms with E-state index < -0.39 is 0 Å². The van der Waals surface area contributed by atoms with E-state index in [0.717, 1.165) is 12.0 Å². The molecule has 18 heavy (non-hydrogen) atoms. The Labute approximate surface area is 107 Å². The molecular weight excluding hydrogens is 224 g/mol. The molecule has 0 aliphatic carbocycles. The standard InChI is InChI=1S/C16H16O2/c1-12(17)15-11-14(8-9-16(15)18-2)10-13-6-4-3-5-7-13/h3-9,11H,10H2,1-2H3. The Morgan fingerprint density at radius 2 is 1.78 bits per heavy atom. The van der Waals surface area contributed by atoms with Crippen molar-refractivity contribution in [2.75, 3.05) is 7.11 Å². The summed E-state index contributed by atoms with van der Waals surface area (Å²) in [6.45, 7) is 1.56. The molecule has 92 valence electrons. The predicted molar refractivity (Wildman–Crippen MR) is 72.2 cm³/mol. The van der Waals surface area contributed by atoms with Crippen molar-refractivity contribution < 1.29 is 9.53 Å². The highest BCUT2D eigenvalue weighted by atomic mass is 16.5. The topological polar surface area (TPSA) is 26.3 Å². The van der Waals surface area contributed by atoms with E-state index in [-0.39, 0.29) is 5.78 Å². The van der Waals surface area contributed by atoms with Crippen LogP contribution in [0.15, 0.2) is 48.5 Å². The number of carbonyl (C=O) groups excluding carboxylic acids is 1. The molecule has 2 aromatic carbocycles. The molecule has 0 saturated heterocycles. The van der Waals surface area contributed by atoms with E-state index in [2.05, 4.69) is 12.1 Å². The van der Waals surface area contributed by atoms with Gasteiger partial charge in [-0.15, -0.1) is 0 Å². The summed E-state index contributed by atoms with van der Waals surface area (Å²) in [5.74, 6) is 0.668. The van der Waals surface area contributed by atoms with E-state index in [1.54, 1.807) is 14.0 Å². The zero-order valence-corrected chi connectivity index (χ0v) is 10.6. The summed E-state index contributed by atoms with van der Waals surface area (Å²) < 4.78 is 5.19. The van der Waals surface area contributed by atoms with Crippen molar-refractivity contribution in [2.45, 2.75) is 13.3 Å². The second-order valence-corrected chi connectivity index (χ2v) is 4.25. The summed E-state index contributed by atoms with van der Waals surface area (Å²) in [5.41, 5.74) is 3.00. The maximum atomic E-state index is 11.5. The van der Waals surface area contributed by atoms with Gasteiger partial charge in [-0.2, -0.15) is 0 Å². The van der Waals surface area contributed by atoms with Gasteiger partial charge in [-0.1, -0.05) is 36.4 Å². The Morgan fingerprint density at radius 3 is 2.39 bits per heavy atom. The first-order valence-electron chi connectivity index (χ1n) is 5.92. The van der Waals surface area contributed by atoms with Crippen molar-refractivity contribution in [1.29, 1.82) is 0 Å². The molecule has 0 aliphatic rings. The fourth-order valence-corrected chi connectivity index (χ4v) is 1.97. The van der Waals surface area contributed by atoms with Gasteiger partial charge in [-0.3, -0.25) is 4.79 Å². The first kappa shape index (κ1) is 12.4. The molecule has 2 nitrogen and oxygen atoms in total. The number of benzene rings is 2. The van der Waals surface area contributed by atoms with Crippen molar-refractivity contribution >= 4 is 5.78 Å². The molecule has 0 N–H and O–H groups in total. The summed E-state index contributed by atoms with van der Waals surface area (Å²) in [5, 5.41) is 0. The average Bonchev–Trinajstić information content (AvgIpc) is 2.40. The molecule has 0 spiro atoms. The molecule has 0 bridgehead atoms. The molecule has 0 unspecified atom stereocenters. The van der Waals surface area contributed by atoms with Crippen LogP contribution in [0.25, 0.3) is 0 Å². The molecule has 2 rings (SSSR count). The summed E-state index contributed by atoms with van der Waals surface area (Å²) in [6.07, 6.45) is 0.825. The molecule has 0 aromatic heterocycles. The van der Waals surface area contributed by atoms with Gasteiger partial charge in [0, 0.05) is 0 Å². The van der Waals surface area contributed by atoms with Gasteiger partial charge in [0.25, 0.3) is 0 Å². The van der Waals surface area contributed by atoms with Gasteiger partial charge in [0.05, 0.1) is 12.7 Å². The fraction of sp³-hybridized carbons (Fsp3) is 0.188. The first-order valence-corrected chi connectivity index (χ1v) is 5.92. The van der Waals surface area contributed by atoms with E-state index in [4.69, 9.17) is 4.74 Å². The minimum absolute atomic E-state index is 0.0294. The Bertz CT molecular complexity index is 544. The molecule has 2 aromatic rings. The number of methoxy groups -OCH3 is 1. The van der Waals surface area contributed by atoms with Crippen molar-refractivity contribution in [3.05, 3.63) is 65.2 Å². The summed E-state index contributed by atoms with van der Waals surface area (Å²) >= 11 is 0. The van der Waals surface area contributed by atoms with E-state index in [0.29, 0.717) is 11.3 Å². The second kappa shape index (κ2) is 5.50. The van der Waals surface area contributed by atoms with Crippen molar-refractivity contribution in [3.63, 3.8) is 0 Å². The van der Waals surface area contributed by atoms with Crippen LogP contribution in [0.2, 0.25) is 0 Å².